The SMILES string of the molecule is CCC(C)C1CCC(C(=O)N=C2C=Cc3ncn(-c4c(C(C)(C)C)ccc(-c5ccccc5)c4C(=O)OC)c3C2)=C(C=O)C1. The highest BCUT2D eigenvalue weighted by Crippen LogP contribution is 2.39. The molecule has 2 aromatic carbocycles. The molecule has 0 aliphatic heterocycles. The number of esters is 1. The summed E-state index contributed by atoms with van der Waals surface area (Å²) < 4.78 is 7.30. The second kappa shape index (κ2) is 12.7. The zero-order chi connectivity index (χ0) is 31.6. The number of aromatic nitrogens is 2. The molecule has 228 valence electrons. The van der Waals surface area contributed by atoms with Crippen molar-refractivity contribution in [2.24, 2.45) is 16.8 Å². The number of hydrogen-bond donors (Lipinski definition) is 0. The number of benzene rings is 2. The molecule has 44 heavy (non-hydrogen) atoms. The Morgan fingerprint density at radius 3 is 2.55 bits per heavy atom. The lowest BCUT2D eigenvalue weighted by molar-refractivity contribution is -0.115. The van der Waals surface area contributed by atoms with E-state index in [1.807, 2.05) is 53.1 Å². The van der Waals surface area contributed by atoms with Gasteiger partial charge < -0.3 is 9.30 Å². The number of methoxy groups -OCH3 is 1. The highest BCUT2D eigenvalue weighted by molar-refractivity contribution is 6.12. The Bertz CT molecular complexity index is 1690. The lowest BCUT2D eigenvalue weighted by Gasteiger charge is -2.28. The molecule has 2 atom stereocenters. The minimum Gasteiger partial charge on any atom is -0.465 e. The van der Waals surface area contributed by atoms with Gasteiger partial charge in [0, 0.05) is 17.6 Å². The number of nitrogens with zero attached hydrogens (tertiary/aromatic N) is 3. The molecule has 0 spiro atoms. The first-order valence-corrected chi connectivity index (χ1v) is 15.4. The number of ether oxygens (including phenoxy) is 1. The minimum absolute atomic E-state index is 0.312. The molecule has 0 N–H and O–H groups in total. The summed E-state index contributed by atoms with van der Waals surface area (Å²) in [5.74, 6) is 0.120. The molecule has 2 aliphatic carbocycles. The van der Waals surface area contributed by atoms with Crippen molar-refractivity contribution >= 4 is 30.0 Å². The topological polar surface area (TPSA) is 90.6 Å². The van der Waals surface area contributed by atoms with Crippen LogP contribution in [0.3, 0.4) is 0 Å². The third kappa shape index (κ3) is 6.01. The van der Waals surface area contributed by atoms with E-state index in [9.17, 15) is 14.4 Å². The standard InChI is InChI=1S/C37H41N3O4/c1-7-23(2)25-13-15-29(26(19-25)21-41)35(42)39-27-14-18-31-32(20-27)40(22-38-31)34-30(37(3,4)5)17-16-28(33(34)36(43)44-6)24-11-9-8-10-12-24/h8-12,14,16-18,21-23,25H,7,13,15,19-20H2,1-6H3. The molecule has 0 fully saturated rings. The van der Waals surface area contributed by atoms with Crippen LogP contribution in [0.25, 0.3) is 22.9 Å². The number of amides is 1. The van der Waals surface area contributed by atoms with Crippen molar-refractivity contribution in [2.75, 3.05) is 7.11 Å². The van der Waals surface area contributed by atoms with E-state index >= 15 is 0 Å². The molecule has 0 bridgehead atoms. The Hall–Kier alpha value is -4.39. The number of imidazole rings is 1. The van der Waals surface area contributed by atoms with E-state index < -0.39 is 5.97 Å². The van der Waals surface area contributed by atoms with Crippen molar-refractivity contribution in [3.63, 3.8) is 0 Å². The van der Waals surface area contributed by atoms with Crippen LogP contribution in [0.5, 0.6) is 0 Å². The second-order valence-corrected chi connectivity index (χ2v) is 12.9. The fraction of sp³-hybridized carbons (Fsp3) is 0.378. The number of allylic oxidation sites excluding steroid dienone is 2. The molecule has 2 unspecified atom stereocenters. The zero-order valence-electron chi connectivity index (χ0n) is 26.5. The number of aldehydes is 1. The normalized spacial score (nSPS) is 18.2. The van der Waals surface area contributed by atoms with Crippen LogP contribution in [0.2, 0.25) is 0 Å². The zero-order valence-corrected chi connectivity index (χ0v) is 26.5. The van der Waals surface area contributed by atoms with Gasteiger partial charge in [-0.25, -0.2) is 14.8 Å². The average molecular weight is 592 g/mol. The maximum atomic E-state index is 13.5. The Morgan fingerprint density at radius 1 is 1.14 bits per heavy atom. The van der Waals surface area contributed by atoms with Gasteiger partial charge in [-0.3, -0.25) is 9.59 Å². The van der Waals surface area contributed by atoms with Gasteiger partial charge in [-0.05, 0) is 65.4 Å². The van der Waals surface area contributed by atoms with Gasteiger partial charge in [-0.15, -0.1) is 0 Å². The predicted octanol–water partition coefficient (Wildman–Crippen LogP) is 7.50. The van der Waals surface area contributed by atoms with Crippen molar-refractivity contribution in [3.8, 4) is 16.8 Å². The number of hydrogen-bond acceptors (Lipinski definition) is 5. The summed E-state index contributed by atoms with van der Waals surface area (Å²) in [7, 11) is 1.39. The second-order valence-electron chi connectivity index (χ2n) is 12.9. The van der Waals surface area contributed by atoms with Crippen LogP contribution in [0.1, 0.15) is 87.6 Å². The summed E-state index contributed by atoms with van der Waals surface area (Å²) in [4.78, 5) is 48.1. The van der Waals surface area contributed by atoms with Gasteiger partial charge in [-0.1, -0.05) is 83.5 Å². The maximum absolute atomic E-state index is 13.5. The van der Waals surface area contributed by atoms with Crippen LogP contribution in [0, 0.1) is 11.8 Å². The smallest absolute Gasteiger partial charge is 0.340 e. The van der Waals surface area contributed by atoms with E-state index in [0.717, 1.165) is 47.2 Å². The van der Waals surface area contributed by atoms with Gasteiger partial charge in [0.05, 0.1) is 35.5 Å². The van der Waals surface area contributed by atoms with Gasteiger partial charge in [0.1, 0.15) is 12.6 Å². The van der Waals surface area contributed by atoms with Crippen molar-refractivity contribution in [1.29, 1.82) is 0 Å². The first-order chi connectivity index (χ1) is 21.1. The van der Waals surface area contributed by atoms with Crippen molar-refractivity contribution in [2.45, 2.75) is 72.1 Å². The first kappa shape index (κ1) is 31.0. The average Bonchev–Trinajstić information content (AvgIpc) is 3.45. The first-order valence-electron chi connectivity index (χ1n) is 15.4. The molecule has 3 aromatic rings. The fourth-order valence-corrected chi connectivity index (χ4v) is 6.37. The van der Waals surface area contributed by atoms with Crippen LogP contribution in [-0.2, 0) is 26.2 Å². The maximum Gasteiger partial charge on any atom is 0.340 e. The molecule has 7 heteroatoms. The van der Waals surface area contributed by atoms with Gasteiger partial charge in [-0.2, -0.15) is 0 Å². The van der Waals surface area contributed by atoms with Gasteiger partial charge in [0.25, 0.3) is 5.91 Å². The van der Waals surface area contributed by atoms with Crippen LogP contribution in [0.4, 0.5) is 0 Å². The summed E-state index contributed by atoms with van der Waals surface area (Å²) >= 11 is 0. The molecule has 1 heterocycles. The molecule has 1 aromatic heterocycles. The van der Waals surface area contributed by atoms with E-state index in [1.54, 1.807) is 6.33 Å². The monoisotopic (exact) mass is 591 g/mol. The quantitative estimate of drug-likeness (QED) is 0.210. The highest BCUT2D eigenvalue weighted by atomic mass is 16.5. The largest absolute Gasteiger partial charge is 0.465 e. The van der Waals surface area contributed by atoms with Crippen molar-refractivity contribution in [1.82, 2.24) is 9.55 Å². The van der Waals surface area contributed by atoms with E-state index in [4.69, 9.17) is 4.74 Å². The van der Waals surface area contributed by atoms with Gasteiger partial charge in [0.15, 0.2) is 0 Å². The molecule has 7 nitrogen and oxygen atoms in total. The fourth-order valence-electron chi connectivity index (χ4n) is 6.37. The van der Waals surface area contributed by atoms with Crippen molar-refractivity contribution < 1.29 is 19.1 Å². The van der Waals surface area contributed by atoms with Crippen LogP contribution < -0.4 is 0 Å². The van der Waals surface area contributed by atoms with Crippen LogP contribution in [-0.4, -0.2) is 40.5 Å². The summed E-state index contributed by atoms with van der Waals surface area (Å²) in [6.45, 7) is 10.7. The lowest BCUT2D eigenvalue weighted by Crippen LogP contribution is -2.22. The predicted molar refractivity (Wildman–Crippen MR) is 174 cm³/mol. The molecule has 5 rings (SSSR count). The highest BCUT2D eigenvalue weighted by Gasteiger charge is 2.31. The number of carbonyl (C=O) groups is 3. The number of aliphatic imine (C=N–C) groups is 1. The van der Waals surface area contributed by atoms with Crippen molar-refractivity contribution in [3.05, 3.63) is 88.5 Å². The molecule has 0 radical (unpaired) electrons. The molecule has 0 saturated heterocycles. The minimum atomic E-state index is -0.441. The number of fused-ring (bicyclic) bond motifs is 1. The molecular weight excluding hydrogens is 550 g/mol. The third-order valence-electron chi connectivity index (χ3n) is 9.11. The van der Waals surface area contributed by atoms with E-state index in [2.05, 4.69) is 50.7 Å². The molecular formula is C37H41N3O4. The van der Waals surface area contributed by atoms with E-state index in [1.165, 1.54) is 7.11 Å². The Balaban J connectivity index is 1.59. The lowest BCUT2D eigenvalue weighted by atomic mass is 9.77. The molecule has 2 aliphatic rings. The summed E-state index contributed by atoms with van der Waals surface area (Å²) in [6, 6.07) is 13.8. The summed E-state index contributed by atoms with van der Waals surface area (Å²) in [6.07, 6.45) is 9.71. The molecule has 1 amide bonds. The van der Waals surface area contributed by atoms with E-state index in [-0.39, 0.29) is 11.3 Å². The number of rotatable bonds is 7. The van der Waals surface area contributed by atoms with E-state index in [0.29, 0.717) is 59.2 Å². The Labute approximate surface area is 259 Å². The number of carbonyl (C=O) groups excluding carboxylic acids is 3. The van der Waals surface area contributed by atoms with Crippen LogP contribution in [0.15, 0.2) is 71.0 Å². The Kier molecular flexibility index (Phi) is 8.95. The third-order valence-corrected chi connectivity index (χ3v) is 9.11. The van der Waals surface area contributed by atoms with Crippen LogP contribution >= 0.6 is 0 Å². The summed E-state index contributed by atoms with van der Waals surface area (Å²) in [5.41, 5.74) is 6.73. The molecule has 0 saturated carbocycles. The van der Waals surface area contributed by atoms with Gasteiger partial charge >= 0.3 is 5.97 Å². The van der Waals surface area contributed by atoms with Gasteiger partial charge in [0.2, 0.25) is 0 Å². The Morgan fingerprint density at radius 2 is 1.89 bits per heavy atom. The summed E-state index contributed by atoms with van der Waals surface area (Å²) in [5, 5.41) is 0.